The molecule has 0 bridgehead atoms. The predicted octanol–water partition coefficient (Wildman–Crippen LogP) is 4.38. The summed E-state index contributed by atoms with van der Waals surface area (Å²) in [6, 6.07) is 14.8. The Kier molecular flexibility index (Phi) is 5.51. The van der Waals surface area contributed by atoms with Crippen LogP contribution in [0, 0.1) is 0 Å². The summed E-state index contributed by atoms with van der Waals surface area (Å²) in [7, 11) is 0. The summed E-state index contributed by atoms with van der Waals surface area (Å²) in [6.45, 7) is 3.50. The third-order valence-electron chi connectivity index (χ3n) is 6.04. The van der Waals surface area contributed by atoms with E-state index in [1.807, 2.05) is 24.4 Å². The lowest BCUT2D eigenvalue weighted by Crippen LogP contribution is -2.36. The van der Waals surface area contributed by atoms with Gasteiger partial charge < -0.3 is 20.1 Å². The Labute approximate surface area is 204 Å². The van der Waals surface area contributed by atoms with E-state index < -0.39 is 5.97 Å². The number of nitrogens with one attached hydrogen (secondary N) is 2. The second-order valence-corrected chi connectivity index (χ2v) is 9.41. The fourth-order valence-corrected chi connectivity index (χ4v) is 5.30. The molecule has 1 fully saturated rings. The van der Waals surface area contributed by atoms with Gasteiger partial charge in [0.2, 0.25) is 0 Å². The summed E-state index contributed by atoms with van der Waals surface area (Å²) in [4.78, 5) is 24.5. The number of aromatic carboxylic acids is 1. The van der Waals surface area contributed by atoms with Crippen molar-refractivity contribution in [2.45, 2.75) is 6.54 Å². The first kappa shape index (κ1) is 21.5. The molecular weight excluding hydrogens is 464 g/mol. The fourth-order valence-electron chi connectivity index (χ4n) is 4.24. The molecule has 0 aliphatic carbocycles. The number of hydrogen-bond donors (Lipinski definition) is 3. The van der Waals surface area contributed by atoms with Crippen molar-refractivity contribution in [3.8, 4) is 11.4 Å². The summed E-state index contributed by atoms with van der Waals surface area (Å²) >= 11 is 1.67. The van der Waals surface area contributed by atoms with Gasteiger partial charge in [0.15, 0.2) is 11.6 Å². The van der Waals surface area contributed by atoms with Gasteiger partial charge >= 0.3 is 5.97 Å². The molecule has 5 aromatic rings. The van der Waals surface area contributed by atoms with Crippen molar-refractivity contribution in [2.75, 3.05) is 36.5 Å². The molecule has 6 rings (SSSR count). The minimum atomic E-state index is -0.933. The van der Waals surface area contributed by atoms with Crippen molar-refractivity contribution in [3.63, 3.8) is 0 Å². The van der Waals surface area contributed by atoms with Crippen LogP contribution in [0.1, 0.15) is 15.2 Å². The topological polar surface area (TPSA) is 116 Å². The molecule has 2 aromatic carbocycles. The van der Waals surface area contributed by atoms with Gasteiger partial charge in [-0.25, -0.2) is 14.8 Å². The molecule has 1 aliphatic heterocycles. The van der Waals surface area contributed by atoms with Crippen molar-refractivity contribution in [2.24, 2.45) is 0 Å². The van der Waals surface area contributed by atoms with E-state index in [2.05, 4.69) is 26.5 Å². The molecule has 0 saturated carbocycles. The fraction of sp³-hybridized carbons (Fsp3) is 0.200. The van der Waals surface area contributed by atoms with Gasteiger partial charge in [-0.1, -0.05) is 12.1 Å². The minimum absolute atomic E-state index is 0.267. The highest BCUT2D eigenvalue weighted by molar-refractivity contribution is 7.19. The van der Waals surface area contributed by atoms with E-state index in [0.717, 1.165) is 56.2 Å². The van der Waals surface area contributed by atoms with Gasteiger partial charge in [0.05, 0.1) is 40.7 Å². The van der Waals surface area contributed by atoms with Crippen LogP contribution < -0.4 is 10.2 Å². The Morgan fingerprint density at radius 3 is 2.77 bits per heavy atom. The second-order valence-electron chi connectivity index (χ2n) is 8.27. The van der Waals surface area contributed by atoms with E-state index in [0.29, 0.717) is 25.6 Å². The Bertz CT molecular complexity index is 1520. The number of benzene rings is 2. The second kappa shape index (κ2) is 8.97. The number of hydrogen-bond acceptors (Lipinski definition) is 8. The maximum absolute atomic E-state index is 11.1. The largest absolute Gasteiger partial charge is 0.478 e. The van der Waals surface area contributed by atoms with Crippen LogP contribution in [0.25, 0.3) is 32.5 Å². The molecule has 0 unspecified atom stereocenters. The van der Waals surface area contributed by atoms with Gasteiger partial charge in [0.1, 0.15) is 0 Å². The van der Waals surface area contributed by atoms with Crippen LogP contribution in [-0.2, 0) is 11.3 Å². The molecular formula is C25H22N6O3S. The summed E-state index contributed by atoms with van der Waals surface area (Å²) in [5.41, 5.74) is 3.92. The minimum Gasteiger partial charge on any atom is -0.478 e. The number of carbonyl (C=O) groups is 1. The van der Waals surface area contributed by atoms with E-state index in [9.17, 15) is 4.79 Å². The van der Waals surface area contributed by atoms with Gasteiger partial charge in [-0.15, -0.1) is 11.3 Å². The highest BCUT2D eigenvalue weighted by Crippen LogP contribution is 2.36. The maximum Gasteiger partial charge on any atom is 0.335 e. The highest BCUT2D eigenvalue weighted by atomic mass is 32.1. The quantitative estimate of drug-likeness (QED) is 0.324. The average Bonchev–Trinajstić information content (AvgIpc) is 3.54. The molecule has 0 spiro atoms. The van der Waals surface area contributed by atoms with Gasteiger partial charge in [0, 0.05) is 41.1 Å². The Morgan fingerprint density at radius 2 is 1.97 bits per heavy atom. The molecule has 4 heterocycles. The number of H-pyrrole nitrogens is 1. The molecule has 35 heavy (non-hydrogen) atoms. The van der Waals surface area contributed by atoms with Gasteiger partial charge in [0.25, 0.3) is 0 Å². The lowest BCUT2D eigenvalue weighted by atomic mass is 10.1. The van der Waals surface area contributed by atoms with E-state index in [1.54, 1.807) is 35.6 Å². The smallest absolute Gasteiger partial charge is 0.335 e. The zero-order chi connectivity index (χ0) is 23.8. The number of carboxylic acids is 1. The Balaban J connectivity index is 1.37. The molecule has 10 heteroatoms. The van der Waals surface area contributed by atoms with Crippen molar-refractivity contribution in [3.05, 3.63) is 65.2 Å². The zero-order valence-electron chi connectivity index (χ0n) is 18.7. The number of aromatic amines is 1. The molecule has 3 N–H and O–H groups in total. The number of anilines is 2. The number of morpholine rings is 1. The van der Waals surface area contributed by atoms with Crippen LogP contribution in [0.15, 0.2) is 54.7 Å². The third-order valence-corrected chi connectivity index (χ3v) is 7.16. The lowest BCUT2D eigenvalue weighted by molar-refractivity contribution is 0.0697. The van der Waals surface area contributed by atoms with Crippen molar-refractivity contribution < 1.29 is 14.6 Å². The van der Waals surface area contributed by atoms with Crippen LogP contribution in [-0.4, -0.2) is 57.5 Å². The molecule has 0 atom stereocenters. The normalized spacial score (nSPS) is 14.0. The van der Waals surface area contributed by atoms with Crippen molar-refractivity contribution in [1.82, 2.24) is 20.2 Å². The molecule has 1 aliphatic rings. The van der Waals surface area contributed by atoms with Gasteiger partial charge in [-0.3, -0.25) is 5.10 Å². The summed E-state index contributed by atoms with van der Waals surface area (Å²) in [5.74, 6) is 0.667. The molecule has 3 aromatic heterocycles. The first-order valence-electron chi connectivity index (χ1n) is 11.3. The summed E-state index contributed by atoms with van der Waals surface area (Å²) in [5, 5.41) is 20.7. The van der Waals surface area contributed by atoms with Crippen LogP contribution in [0.4, 0.5) is 11.5 Å². The number of rotatable bonds is 6. The van der Waals surface area contributed by atoms with E-state index in [1.165, 1.54) is 0 Å². The molecule has 176 valence electrons. The summed E-state index contributed by atoms with van der Waals surface area (Å²) < 4.78 is 6.62. The van der Waals surface area contributed by atoms with Crippen LogP contribution in [0.5, 0.6) is 0 Å². The number of aromatic nitrogens is 4. The SMILES string of the molecule is O=C(O)c1ccc(NCc2cc3nc(-c4cccc5[nH]ncc45)nc(N4CCOCC4)c3s2)cc1. The van der Waals surface area contributed by atoms with Gasteiger partial charge in [-0.05, 0) is 36.4 Å². The third kappa shape index (κ3) is 4.17. The van der Waals surface area contributed by atoms with Crippen molar-refractivity contribution in [1.29, 1.82) is 0 Å². The average molecular weight is 487 g/mol. The first-order valence-corrected chi connectivity index (χ1v) is 12.1. The molecule has 0 radical (unpaired) electrons. The molecule has 0 amide bonds. The number of ether oxygens (including phenoxy) is 1. The highest BCUT2D eigenvalue weighted by Gasteiger charge is 2.21. The number of nitrogens with zero attached hydrogens (tertiary/aromatic N) is 4. The zero-order valence-corrected chi connectivity index (χ0v) is 19.5. The van der Waals surface area contributed by atoms with Crippen LogP contribution in [0.3, 0.4) is 0 Å². The summed E-state index contributed by atoms with van der Waals surface area (Å²) in [6.07, 6.45) is 1.81. The van der Waals surface area contributed by atoms with Crippen LogP contribution >= 0.6 is 11.3 Å². The molecule has 1 saturated heterocycles. The predicted molar refractivity (Wildman–Crippen MR) is 136 cm³/mol. The maximum atomic E-state index is 11.1. The Hall–Kier alpha value is -4.02. The number of thiophene rings is 1. The van der Waals surface area contributed by atoms with E-state index >= 15 is 0 Å². The number of carboxylic acid groups (broad SMARTS) is 1. The van der Waals surface area contributed by atoms with Gasteiger partial charge in [-0.2, -0.15) is 5.10 Å². The standard InChI is InChI=1S/C25H22N6O3S/c32-25(33)15-4-6-16(7-5-15)26-13-17-12-21-22(35-17)24(31-8-10-34-11-9-31)29-23(28-21)18-2-1-3-20-19(18)14-27-30-20/h1-7,12,14,26H,8-11,13H2,(H,27,30)(H,32,33). The van der Waals surface area contributed by atoms with Crippen molar-refractivity contribution >= 4 is 49.9 Å². The number of fused-ring (bicyclic) bond motifs is 2. The van der Waals surface area contributed by atoms with E-state index in [-0.39, 0.29) is 5.56 Å². The first-order chi connectivity index (χ1) is 17.2. The van der Waals surface area contributed by atoms with Crippen LogP contribution in [0.2, 0.25) is 0 Å². The monoisotopic (exact) mass is 486 g/mol. The molecule has 9 nitrogen and oxygen atoms in total. The Morgan fingerprint density at radius 1 is 1.14 bits per heavy atom. The van der Waals surface area contributed by atoms with E-state index in [4.69, 9.17) is 19.8 Å². The lowest BCUT2D eigenvalue weighted by Gasteiger charge is -2.28.